The van der Waals surface area contributed by atoms with Crippen molar-refractivity contribution in [2.75, 3.05) is 0 Å². The molecule has 0 bridgehead atoms. The summed E-state index contributed by atoms with van der Waals surface area (Å²) in [6, 6.07) is 0. The zero-order valence-corrected chi connectivity index (χ0v) is 8.29. The van der Waals surface area contributed by atoms with Crippen LogP contribution in [0.1, 0.15) is 33.6 Å². The van der Waals surface area contributed by atoms with Crippen LogP contribution in [0, 0.1) is 5.41 Å². The van der Waals surface area contributed by atoms with Crippen molar-refractivity contribution in [2.45, 2.75) is 33.6 Å². The first-order valence-corrected chi connectivity index (χ1v) is 4.41. The molecule has 0 heterocycles. The fraction of sp³-hybridized carbons (Fsp3) is 0.600. The topological polar surface area (TPSA) is 49.7 Å². The molecule has 1 aliphatic rings. The maximum Gasteiger partial charge on any atom is 0.146 e. The molecule has 0 saturated carbocycles. The molecule has 72 valence electrons. The Hall–Kier alpha value is -1.12. The smallest absolute Gasteiger partial charge is 0.146 e. The van der Waals surface area contributed by atoms with Gasteiger partial charge in [0.05, 0.1) is 5.71 Å². The monoisotopic (exact) mass is 181 g/mol. The molecule has 3 heteroatoms. The van der Waals surface area contributed by atoms with E-state index in [4.69, 9.17) is 5.21 Å². The summed E-state index contributed by atoms with van der Waals surface area (Å²) in [6.45, 7) is 5.91. The minimum atomic E-state index is -0.0833. The van der Waals surface area contributed by atoms with Crippen LogP contribution in [0.2, 0.25) is 0 Å². The number of nitrogens with zero attached hydrogens (tertiary/aromatic N) is 1. The molecule has 0 aromatic heterocycles. The van der Waals surface area contributed by atoms with Gasteiger partial charge >= 0.3 is 0 Å². The van der Waals surface area contributed by atoms with E-state index in [9.17, 15) is 4.79 Å². The van der Waals surface area contributed by atoms with E-state index in [1.807, 2.05) is 20.8 Å². The van der Waals surface area contributed by atoms with E-state index in [-0.39, 0.29) is 5.41 Å². The van der Waals surface area contributed by atoms with Crippen molar-refractivity contribution in [3.8, 4) is 0 Å². The van der Waals surface area contributed by atoms with Crippen LogP contribution < -0.4 is 0 Å². The number of carbonyl (C=O) groups is 1. The maximum absolute atomic E-state index is 10.9. The molecule has 0 aromatic carbocycles. The minimum Gasteiger partial charge on any atom is -0.411 e. The first-order valence-electron chi connectivity index (χ1n) is 4.41. The third-order valence-corrected chi connectivity index (χ3v) is 2.79. The fourth-order valence-electron chi connectivity index (χ4n) is 1.79. The van der Waals surface area contributed by atoms with Crippen molar-refractivity contribution in [1.82, 2.24) is 0 Å². The van der Waals surface area contributed by atoms with E-state index in [2.05, 4.69) is 5.16 Å². The van der Waals surface area contributed by atoms with Gasteiger partial charge in [-0.05, 0) is 30.8 Å². The molecule has 0 radical (unpaired) electrons. The number of hydrogen-bond donors (Lipinski definition) is 1. The standard InChI is InChI=1S/C10H15NO2/c1-7-8(6-12)10(2,3)5-4-9(7)11-13/h6,13H,4-5H2,1-3H3. The van der Waals surface area contributed by atoms with E-state index in [1.165, 1.54) is 0 Å². The van der Waals surface area contributed by atoms with Crippen molar-refractivity contribution >= 4 is 12.0 Å². The van der Waals surface area contributed by atoms with Crippen LogP contribution in [0.25, 0.3) is 0 Å². The first kappa shape index (κ1) is 9.96. The predicted octanol–water partition coefficient (Wildman–Crippen LogP) is 2.15. The van der Waals surface area contributed by atoms with Crippen molar-refractivity contribution in [3.63, 3.8) is 0 Å². The molecule has 1 aliphatic carbocycles. The lowest BCUT2D eigenvalue weighted by Gasteiger charge is -2.31. The highest BCUT2D eigenvalue weighted by Crippen LogP contribution is 2.37. The van der Waals surface area contributed by atoms with Crippen LogP contribution in [0.3, 0.4) is 0 Å². The number of rotatable bonds is 1. The molecule has 0 aromatic rings. The Kier molecular flexibility index (Phi) is 2.55. The zero-order valence-electron chi connectivity index (χ0n) is 8.29. The van der Waals surface area contributed by atoms with Gasteiger partial charge in [-0.25, -0.2) is 0 Å². The Balaban J connectivity index is 3.21. The molecule has 0 atom stereocenters. The second kappa shape index (κ2) is 3.32. The van der Waals surface area contributed by atoms with Crippen molar-refractivity contribution in [1.29, 1.82) is 0 Å². The van der Waals surface area contributed by atoms with E-state index in [1.54, 1.807) is 0 Å². The van der Waals surface area contributed by atoms with Gasteiger partial charge in [0.25, 0.3) is 0 Å². The summed E-state index contributed by atoms with van der Waals surface area (Å²) in [5, 5.41) is 11.9. The molecule has 1 rings (SSSR count). The molecular formula is C10H15NO2. The Morgan fingerprint density at radius 3 is 2.62 bits per heavy atom. The van der Waals surface area contributed by atoms with Gasteiger partial charge in [0.15, 0.2) is 0 Å². The average Bonchev–Trinajstić information content (AvgIpc) is 2.04. The van der Waals surface area contributed by atoms with Crippen molar-refractivity contribution in [2.24, 2.45) is 10.6 Å². The molecule has 0 unspecified atom stereocenters. The molecule has 0 saturated heterocycles. The van der Waals surface area contributed by atoms with Gasteiger partial charge in [-0.3, -0.25) is 4.79 Å². The van der Waals surface area contributed by atoms with Gasteiger partial charge in [-0.15, -0.1) is 0 Å². The predicted molar refractivity (Wildman–Crippen MR) is 51.0 cm³/mol. The quantitative estimate of drug-likeness (QED) is 0.383. The van der Waals surface area contributed by atoms with E-state index < -0.39 is 0 Å². The Morgan fingerprint density at radius 2 is 2.15 bits per heavy atom. The molecule has 0 aliphatic heterocycles. The summed E-state index contributed by atoms with van der Waals surface area (Å²) < 4.78 is 0. The number of carbonyl (C=O) groups excluding carboxylic acids is 1. The normalized spacial score (nSPS) is 25.0. The third-order valence-electron chi connectivity index (χ3n) is 2.79. The van der Waals surface area contributed by atoms with Crippen molar-refractivity contribution < 1.29 is 10.0 Å². The highest BCUT2D eigenvalue weighted by Gasteiger charge is 2.31. The number of allylic oxidation sites excluding steroid dienone is 2. The number of hydrogen-bond acceptors (Lipinski definition) is 3. The summed E-state index contributed by atoms with van der Waals surface area (Å²) in [7, 11) is 0. The second-order valence-corrected chi connectivity index (χ2v) is 4.09. The first-order chi connectivity index (χ1) is 6.03. The summed E-state index contributed by atoms with van der Waals surface area (Å²) in [5.74, 6) is 0. The highest BCUT2D eigenvalue weighted by molar-refractivity contribution is 6.05. The lowest BCUT2D eigenvalue weighted by atomic mass is 9.73. The summed E-state index contributed by atoms with van der Waals surface area (Å²) in [4.78, 5) is 10.9. The lowest BCUT2D eigenvalue weighted by molar-refractivity contribution is -0.105. The Morgan fingerprint density at radius 1 is 1.54 bits per heavy atom. The van der Waals surface area contributed by atoms with Crippen molar-refractivity contribution in [3.05, 3.63) is 11.1 Å². The van der Waals surface area contributed by atoms with Gasteiger partial charge in [0, 0.05) is 5.57 Å². The van der Waals surface area contributed by atoms with Gasteiger partial charge in [0.1, 0.15) is 6.29 Å². The second-order valence-electron chi connectivity index (χ2n) is 4.09. The molecule has 1 N–H and O–H groups in total. The Labute approximate surface area is 78.1 Å². The molecular weight excluding hydrogens is 166 g/mol. The van der Waals surface area contributed by atoms with Crippen LogP contribution in [0.5, 0.6) is 0 Å². The molecule has 3 nitrogen and oxygen atoms in total. The number of aldehydes is 1. The molecule has 0 amide bonds. The van der Waals surface area contributed by atoms with Gasteiger partial charge in [-0.1, -0.05) is 19.0 Å². The van der Waals surface area contributed by atoms with Crippen LogP contribution in [0.4, 0.5) is 0 Å². The lowest BCUT2D eigenvalue weighted by Crippen LogP contribution is -2.26. The molecule has 0 spiro atoms. The average molecular weight is 181 g/mol. The zero-order chi connectivity index (χ0) is 10.1. The molecule has 13 heavy (non-hydrogen) atoms. The van der Waals surface area contributed by atoms with Gasteiger partial charge in [0.2, 0.25) is 0 Å². The highest BCUT2D eigenvalue weighted by atomic mass is 16.4. The maximum atomic E-state index is 10.9. The van der Waals surface area contributed by atoms with Crippen LogP contribution in [-0.2, 0) is 4.79 Å². The van der Waals surface area contributed by atoms with Crippen LogP contribution in [0.15, 0.2) is 16.3 Å². The summed E-state index contributed by atoms with van der Waals surface area (Å²) in [6.07, 6.45) is 2.48. The summed E-state index contributed by atoms with van der Waals surface area (Å²) >= 11 is 0. The van der Waals surface area contributed by atoms with Crippen LogP contribution in [-0.4, -0.2) is 17.2 Å². The van der Waals surface area contributed by atoms with Gasteiger partial charge < -0.3 is 5.21 Å². The number of oxime groups is 1. The van der Waals surface area contributed by atoms with E-state index >= 15 is 0 Å². The Bertz CT molecular complexity index is 287. The van der Waals surface area contributed by atoms with Gasteiger partial charge in [-0.2, -0.15) is 0 Å². The summed E-state index contributed by atoms with van der Waals surface area (Å²) in [5.41, 5.74) is 2.14. The third kappa shape index (κ3) is 1.64. The van der Waals surface area contributed by atoms with E-state index in [0.29, 0.717) is 5.71 Å². The fourth-order valence-corrected chi connectivity index (χ4v) is 1.79. The molecule has 0 fully saturated rings. The largest absolute Gasteiger partial charge is 0.411 e. The minimum absolute atomic E-state index is 0.0833. The van der Waals surface area contributed by atoms with Crippen LogP contribution >= 0.6 is 0 Å². The van der Waals surface area contributed by atoms with E-state index in [0.717, 1.165) is 30.3 Å². The SMILES string of the molecule is CC1=C(C=O)C(C)(C)CCC1=NO.